The van der Waals surface area contributed by atoms with Gasteiger partial charge in [-0.2, -0.15) is 0 Å². The van der Waals surface area contributed by atoms with Crippen LogP contribution in [0.3, 0.4) is 0 Å². The van der Waals surface area contributed by atoms with Crippen molar-refractivity contribution in [1.82, 2.24) is 9.88 Å². The Balaban J connectivity index is 1.50. The number of amides is 1. The standard InChI is InChI=1S/C20H24N2O3S/c1-12-19(26-13(2)21-12)20(23)22-15-5-4-14(10-15)18(22)11-25-17-8-6-16(24-3)7-9-17/h6-9,14-15,18H,4-5,10-11H2,1-3H3/t14-,15+,18-/m0/s1. The van der Waals surface area contributed by atoms with E-state index in [2.05, 4.69) is 9.88 Å². The molecule has 1 aromatic heterocycles. The summed E-state index contributed by atoms with van der Waals surface area (Å²) in [5.41, 5.74) is 0.843. The second-order valence-corrected chi connectivity index (χ2v) is 8.34. The first-order valence-electron chi connectivity index (χ1n) is 9.10. The summed E-state index contributed by atoms with van der Waals surface area (Å²) in [5, 5.41) is 0.946. The number of rotatable bonds is 5. The highest BCUT2D eigenvalue weighted by atomic mass is 32.1. The molecule has 3 atom stereocenters. The Hall–Kier alpha value is -2.08. The Morgan fingerprint density at radius 3 is 2.62 bits per heavy atom. The zero-order valence-electron chi connectivity index (χ0n) is 15.4. The summed E-state index contributed by atoms with van der Waals surface area (Å²) in [5.74, 6) is 2.29. The molecule has 1 aromatic carbocycles. The fourth-order valence-electron chi connectivity index (χ4n) is 4.33. The largest absolute Gasteiger partial charge is 0.497 e. The highest BCUT2D eigenvalue weighted by Crippen LogP contribution is 2.43. The van der Waals surface area contributed by atoms with Crippen LogP contribution in [0.5, 0.6) is 11.5 Å². The van der Waals surface area contributed by atoms with Gasteiger partial charge >= 0.3 is 0 Å². The Bertz CT molecular complexity index is 802. The predicted octanol–water partition coefficient (Wildman–Crippen LogP) is 3.84. The Labute approximate surface area is 157 Å². The number of thiazole rings is 1. The summed E-state index contributed by atoms with van der Waals surface area (Å²) in [6, 6.07) is 8.10. The summed E-state index contributed by atoms with van der Waals surface area (Å²) >= 11 is 1.50. The molecular formula is C20H24N2O3S. The van der Waals surface area contributed by atoms with Crippen LogP contribution in [0.4, 0.5) is 0 Å². The lowest BCUT2D eigenvalue weighted by Crippen LogP contribution is -2.47. The van der Waals surface area contributed by atoms with E-state index in [-0.39, 0.29) is 11.9 Å². The molecule has 26 heavy (non-hydrogen) atoms. The molecule has 6 heteroatoms. The highest BCUT2D eigenvalue weighted by Gasteiger charge is 2.49. The minimum atomic E-state index is 0.128. The summed E-state index contributed by atoms with van der Waals surface area (Å²) in [6.45, 7) is 4.42. The van der Waals surface area contributed by atoms with Crippen LogP contribution in [0.15, 0.2) is 24.3 Å². The number of hydrogen-bond acceptors (Lipinski definition) is 5. The van der Waals surface area contributed by atoms with E-state index >= 15 is 0 Å². The fourth-order valence-corrected chi connectivity index (χ4v) is 5.19. The second kappa shape index (κ2) is 6.91. The van der Waals surface area contributed by atoms with Crippen molar-refractivity contribution >= 4 is 17.2 Å². The van der Waals surface area contributed by atoms with Crippen LogP contribution in [0, 0.1) is 19.8 Å². The van der Waals surface area contributed by atoms with Crippen LogP contribution in [0.1, 0.15) is 39.6 Å². The van der Waals surface area contributed by atoms with Crippen molar-refractivity contribution in [2.45, 2.75) is 45.2 Å². The zero-order chi connectivity index (χ0) is 18.3. The molecule has 2 bridgehead atoms. The normalized spacial score (nSPS) is 24.1. The van der Waals surface area contributed by atoms with Crippen molar-refractivity contribution in [2.24, 2.45) is 5.92 Å². The number of carbonyl (C=O) groups is 1. The fraction of sp³-hybridized carbons (Fsp3) is 0.500. The number of likely N-dealkylation sites (tertiary alicyclic amines) is 1. The highest BCUT2D eigenvalue weighted by molar-refractivity contribution is 7.13. The van der Waals surface area contributed by atoms with E-state index in [9.17, 15) is 4.79 Å². The average molecular weight is 372 g/mol. The lowest BCUT2D eigenvalue weighted by molar-refractivity contribution is 0.0509. The minimum absolute atomic E-state index is 0.128. The van der Waals surface area contributed by atoms with E-state index in [0.717, 1.165) is 39.9 Å². The first kappa shape index (κ1) is 17.3. The first-order chi connectivity index (χ1) is 12.6. The SMILES string of the molecule is COc1ccc(OC[C@H]2[C@H]3CC[C@H](C3)N2C(=O)c2sc(C)nc2C)cc1. The zero-order valence-corrected chi connectivity index (χ0v) is 16.2. The van der Waals surface area contributed by atoms with Gasteiger partial charge in [0.05, 0.1) is 23.9 Å². The van der Waals surface area contributed by atoms with Crippen LogP contribution in [-0.4, -0.2) is 41.6 Å². The maximum atomic E-state index is 13.2. The van der Waals surface area contributed by atoms with Gasteiger partial charge in [-0.05, 0) is 63.3 Å². The van der Waals surface area contributed by atoms with Gasteiger partial charge in [-0.3, -0.25) is 4.79 Å². The Morgan fingerprint density at radius 2 is 1.96 bits per heavy atom. The maximum absolute atomic E-state index is 13.2. The topological polar surface area (TPSA) is 51.7 Å². The maximum Gasteiger partial charge on any atom is 0.266 e. The number of aromatic nitrogens is 1. The molecule has 1 saturated heterocycles. The molecule has 2 aliphatic rings. The van der Waals surface area contributed by atoms with E-state index in [1.807, 2.05) is 38.1 Å². The van der Waals surface area contributed by atoms with E-state index in [4.69, 9.17) is 9.47 Å². The van der Waals surface area contributed by atoms with Gasteiger partial charge in [-0.25, -0.2) is 4.98 Å². The van der Waals surface area contributed by atoms with Gasteiger partial charge in [-0.15, -0.1) is 11.3 Å². The monoisotopic (exact) mass is 372 g/mol. The van der Waals surface area contributed by atoms with Crippen LogP contribution >= 0.6 is 11.3 Å². The van der Waals surface area contributed by atoms with Crippen LogP contribution < -0.4 is 9.47 Å². The molecular weight excluding hydrogens is 348 g/mol. The molecule has 0 unspecified atom stereocenters. The van der Waals surface area contributed by atoms with Gasteiger partial charge in [0.1, 0.15) is 23.0 Å². The molecule has 4 rings (SSSR count). The molecule has 1 saturated carbocycles. The van der Waals surface area contributed by atoms with E-state index < -0.39 is 0 Å². The van der Waals surface area contributed by atoms with Gasteiger partial charge in [0.15, 0.2) is 0 Å². The van der Waals surface area contributed by atoms with Gasteiger partial charge in [0.2, 0.25) is 0 Å². The van der Waals surface area contributed by atoms with Crippen molar-refractivity contribution in [2.75, 3.05) is 13.7 Å². The van der Waals surface area contributed by atoms with Crippen molar-refractivity contribution in [1.29, 1.82) is 0 Å². The van der Waals surface area contributed by atoms with Gasteiger partial charge < -0.3 is 14.4 Å². The number of piperidine rings is 1. The molecule has 138 valence electrons. The number of hydrogen-bond donors (Lipinski definition) is 0. The summed E-state index contributed by atoms with van der Waals surface area (Å²) in [7, 11) is 1.65. The van der Waals surface area contributed by atoms with E-state index in [1.54, 1.807) is 7.11 Å². The quantitative estimate of drug-likeness (QED) is 0.800. The summed E-state index contributed by atoms with van der Waals surface area (Å²) in [4.78, 5) is 20.5. The van der Waals surface area contributed by atoms with Gasteiger partial charge in [0.25, 0.3) is 5.91 Å². The average Bonchev–Trinajstić information content (AvgIpc) is 3.34. The van der Waals surface area contributed by atoms with Crippen molar-refractivity contribution in [3.63, 3.8) is 0 Å². The Morgan fingerprint density at radius 1 is 1.23 bits per heavy atom. The summed E-state index contributed by atoms with van der Waals surface area (Å²) in [6.07, 6.45) is 3.39. The number of benzene rings is 1. The number of aryl methyl sites for hydroxylation is 2. The number of fused-ring (bicyclic) bond motifs is 2. The Kier molecular flexibility index (Phi) is 4.61. The summed E-state index contributed by atoms with van der Waals surface area (Å²) < 4.78 is 11.2. The second-order valence-electron chi connectivity index (χ2n) is 7.14. The predicted molar refractivity (Wildman–Crippen MR) is 101 cm³/mol. The van der Waals surface area contributed by atoms with E-state index in [1.165, 1.54) is 17.8 Å². The molecule has 1 amide bonds. The molecule has 2 aromatic rings. The molecule has 2 heterocycles. The molecule has 0 radical (unpaired) electrons. The lowest BCUT2D eigenvalue weighted by Gasteiger charge is -2.35. The molecule has 1 aliphatic heterocycles. The molecule has 0 N–H and O–H groups in total. The van der Waals surface area contributed by atoms with Gasteiger partial charge in [0, 0.05) is 6.04 Å². The molecule has 2 fully saturated rings. The van der Waals surface area contributed by atoms with Crippen molar-refractivity contribution in [3.8, 4) is 11.5 Å². The van der Waals surface area contributed by atoms with Crippen molar-refractivity contribution < 1.29 is 14.3 Å². The smallest absolute Gasteiger partial charge is 0.266 e. The number of carbonyl (C=O) groups excluding carboxylic acids is 1. The lowest BCUT2D eigenvalue weighted by atomic mass is 9.99. The third kappa shape index (κ3) is 3.07. The van der Waals surface area contributed by atoms with Crippen LogP contribution in [0.25, 0.3) is 0 Å². The first-order valence-corrected chi connectivity index (χ1v) is 9.92. The number of methoxy groups -OCH3 is 1. The molecule has 0 spiro atoms. The van der Waals surface area contributed by atoms with Gasteiger partial charge in [-0.1, -0.05) is 0 Å². The number of nitrogens with zero attached hydrogens (tertiary/aromatic N) is 2. The number of ether oxygens (including phenoxy) is 2. The minimum Gasteiger partial charge on any atom is -0.497 e. The third-order valence-corrected chi connectivity index (χ3v) is 6.61. The van der Waals surface area contributed by atoms with Crippen LogP contribution in [-0.2, 0) is 0 Å². The van der Waals surface area contributed by atoms with Crippen molar-refractivity contribution in [3.05, 3.63) is 39.8 Å². The van der Waals surface area contributed by atoms with Crippen LogP contribution in [0.2, 0.25) is 0 Å². The molecule has 1 aliphatic carbocycles. The van der Waals surface area contributed by atoms with E-state index in [0.29, 0.717) is 18.6 Å². The molecule has 5 nitrogen and oxygen atoms in total. The third-order valence-electron chi connectivity index (χ3n) is 5.55.